The maximum Gasteiger partial charge on any atom is 0.411 e. The minimum atomic E-state index is -4.43. The summed E-state index contributed by atoms with van der Waals surface area (Å²) in [6.45, 7) is 3.59. The van der Waals surface area contributed by atoms with Crippen molar-refractivity contribution in [1.82, 2.24) is 15.1 Å². The average Bonchev–Trinajstić information content (AvgIpc) is 2.60. The van der Waals surface area contributed by atoms with Crippen molar-refractivity contribution >= 4 is 5.91 Å². The number of piperazine rings is 1. The molecule has 1 saturated heterocycles. The summed E-state index contributed by atoms with van der Waals surface area (Å²) in [4.78, 5) is 16.4. The van der Waals surface area contributed by atoms with E-state index in [1.807, 2.05) is 18.2 Å². The molecule has 0 saturated carbocycles. The van der Waals surface area contributed by atoms with Gasteiger partial charge in [0, 0.05) is 38.8 Å². The van der Waals surface area contributed by atoms with Crippen LogP contribution in [0.4, 0.5) is 13.2 Å². The third kappa shape index (κ3) is 6.59. The normalized spacial score (nSPS) is 20.7. The van der Waals surface area contributed by atoms with E-state index in [1.54, 1.807) is 0 Å². The van der Waals surface area contributed by atoms with Crippen molar-refractivity contribution in [1.29, 1.82) is 0 Å². The quantitative estimate of drug-likeness (QED) is 0.795. The van der Waals surface area contributed by atoms with Gasteiger partial charge in [0.25, 0.3) is 0 Å². The van der Waals surface area contributed by atoms with Crippen LogP contribution >= 0.6 is 0 Å². The average molecular weight is 373 g/mol. The minimum Gasteiger partial charge on any atom is -0.359 e. The van der Waals surface area contributed by atoms with Gasteiger partial charge in [-0.1, -0.05) is 30.3 Å². The Hall–Kier alpha value is -1.64. The van der Waals surface area contributed by atoms with Gasteiger partial charge in [0.1, 0.15) is 12.7 Å². The molecule has 2 atom stereocenters. The van der Waals surface area contributed by atoms with E-state index in [0.717, 1.165) is 19.6 Å². The Bertz CT molecular complexity index is 569. The van der Waals surface area contributed by atoms with Crippen LogP contribution in [0.25, 0.3) is 0 Å². The van der Waals surface area contributed by atoms with Crippen LogP contribution < -0.4 is 5.32 Å². The van der Waals surface area contributed by atoms with Gasteiger partial charge in [0.15, 0.2) is 0 Å². The molecule has 0 bridgehead atoms. The highest BCUT2D eigenvalue weighted by Crippen LogP contribution is 2.24. The predicted molar refractivity (Wildman–Crippen MR) is 92.7 cm³/mol. The lowest BCUT2D eigenvalue weighted by atomic mass is 10.0. The Kier molecular flexibility index (Phi) is 7.43. The van der Waals surface area contributed by atoms with E-state index in [0.29, 0.717) is 13.1 Å². The molecule has 1 heterocycles. The lowest BCUT2D eigenvalue weighted by Gasteiger charge is -2.40. The van der Waals surface area contributed by atoms with Crippen LogP contribution in [0.3, 0.4) is 0 Å². The van der Waals surface area contributed by atoms with Gasteiger partial charge in [-0.05, 0) is 19.5 Å². The molecule has 0 unspecified atom stereocenters. The summed E-state index contributed by atoms with van der Waals surface area (Å²) >= 11 is 0. The van der Waals surface area contributed by atoms with Crippen molar-refractivity contribution in [3.8, 4) is 0 Å². The van der Waals surface area contributed by atoms with E-state index >= 15 is 0 Å². The summed E-state index contributed by atoms with van der Waals surface area (Å²) in [5.74, 6) is -0.528. The first-order chi connectivity index (χ1) is 12.3. The second-order valence-electron chi connectivity index (χ2n) is 6.58. The SMILES string of the molecule is C[C@@H](OCC(F)(F)F)C(=O)NCCN1CCN(C)C[C@@H]1c1ccccc1. The number of halogens is 3. The fourth-order valence-corrected chi connectivity index (χ4v) is 2.98. The summed E-state index contributed by atoms with van der Waals surface area (Å²) in [7, 11) is 2.08. The molecule has 1 aromatic carbocycles. The van der Waals surface area contributed by atoms with Gasteiger partial charge >= 0.3 is 6.18 Å². The molecule has 1 aliphatic heterocycles. The molecule has 1 fully saturated rings. The molecular formula is C18H26F3N3O2. The monoisotopic (exact) mass is 373 g/mol. The number of carbonyl (C=O) groups excluding carboxylic acids is 1. The van der Waals surface area contributed by atoms with Gasteiger partial charge in [0.2, 0.25) is 5.91 Å². The van der Waals surface area contributed by atoms with Crippen LogP contribution in [0.5, 0.6) is 0 Å². The lowest BCUT2D eigenvalue weighted by molar-refractivity contribution is -0.185. The van der Waals surface area contributed by atoms with E-state index in [2.05, 4.69) is 39.0 Å². The number of benzene rings is 1. The fraction of sp³-hybridized carbons (Fsp3) is 0.611. The molecule has 0 spiro atoms. The molecule has 2 rings (SSSR count). The molecule has 0 aromatic heterocycles. The van der Waals surface area contributed by atoms with Crippen molar-refractivity contribution in [3.05, 3.63) is 35.9 Å². The maximum absolute atomic E-state index is 12.1. The fourth-order valence-electron chi connectivity index (χ4n) is 2.98. The van der Waals surface area contributed by atoms with Gasteiger partial charge in [-0.2, -0.15) is 13.2 Å². The maximum atomic E-state index is 12.1. The first-order valence-corrected chi connectivity index (χ1v) is 8.70. The number of rotatable bonds is 7. The largest absolute Gasteiger partial charge is 0.411 e. The summed E-state index contributed by atoms with van der Waals surface area (Å²) in [5, 5.41) is 2.66. The Morgan fingerprint density at radius 1 is 1.31 bits per heavy atom. The van der Waals surface area contributed by atoms with Crippen molar-refractivity contribution in [3.63, 3.8) is 0 Å². The smallest absolute Gasteiger partial charge is 0.359 e. The number of carbonyl (C=O) groups is 1. The van der Waals surface area contributed by atoms with Gasteiger partial charge < -0.3 is 15.0 Å². The van der Waals surface area contributed by atoms with Crippen LogP contribution in [0.15, 0.2) is 30.3 Å². The lowest BCUT2D eigenvalue weighted by Crippen LogP contribution is -2.49. The molecule has 0 radical (unpaired) electrons. The molecule has 0 aliphatic carbocycles. The highest BCUT2D eigenvalue weighted by molar-refractivity contribution is 5.80. The van der Waals surface area contributed by atoms with Crippen LogP contribution in [0.1, 0.15) is 18.5 Å². The number of hydrogen-bond acceptors (Lipinski definition) is 4. The van der Waals surface area contributed by atoms with Crippen molar-refractivity contribution in [2.24, 2.45) is 0 Å². The Balaban J connectivity index is 1.82. The number of amides is 1. The van der Waals surface area contributed by atoms with Gasteiger partial charge in [-0.15, -0.1) is 0 Å². The molecule has 8 heteroatoms. The van der Waals surface area contributed by atoms with E-state index in [4.69, 9.17) is 0 Å². The highest BCUT2D eigenvalue weighted by atomic mass is 19.4. The predicted octanol–water partition coefficient (Wildman–Crippen LogP) is 2.06. The zero-order valence-corrected chi connectivity index (χ0v) is 15.1. The van der Waals surface area contributed by atoms with E-state index in [1.165, 1.54) is 12.5 Å². The minimum absolute atomic E-state index is 0.228. The number of nitrogens with one attached hydrogen (secondary N) is 1. The van der Waals surface area contributed by atoms with Gasteiger partial charge in [-0.3, -0.25) is 9.69 Å². The molecule has 5 nitrogen and oxygen atoms in total. The number of ether oxygens (including phenoxy) is 1. The van der Waals surface area contributed by atoms with Crippen LogP contribution in [-0.4, -0.2) is 74.4 Å². The Morgan fingerprint density at radius 2 is 2.00 bits per heavy atom. The highest BCUT2D eigenvalue weighted by Gasteiger charge is 2.30. The number of likely N-dealkylation sites (N-methyl/N-ethyl adjacent to an activating group) is 1. The molecule has 146 valence electrons. The second-order valence-corrected chi connectivity index (χ2v) is 6.58. The van der Waals surface area contributed by atoms with E-state index in [9.17, 15) is 18.0 Å². The molecule has 1 aromatic rings. The van der Waals surface area contributed by atoms with Crippen LogP contribution in [0.2, 0.25) is 0 Å². The number of hydrogen-bond donors (Lipinski definition) is 1. The Morgan fingerprint density at radius 3 is 2.65 bits per heavy atom. The van der Waals surface area contributed by atoms with Gasteiger partial charge in [-0.25, -0.2) is 0 Å². The summed E-state index contributed by atoms with van der Waals surface area (Å²) < 4.78 is 41.0. The summed E-state index contributed by atoms with van der Waals surface area (Å²) in [6, 6.07) is 10.4. The first-order valence-electron chi connectivity index (χ1n) is 8.70. The molecule has 1 amide bonds. The van der Waals surface area contributed by atoms with Crippen molar-refractivity contribution < 1.29 is 22.7 Å². The van der Waals surface area contributed by atoms with Crippen LogP contribution in [-0.2, 0) is 9.53 Å². The Labute approximate surface area is 152 Å². The summed E-state index contributed by atoms with van der Waals surface area (Å²) in [5.41, 5.74) is 1.22. The van der Waals surface area contributed by atoms with E-state index < -0.39 is 24.8 Å². The van der Waals surface area contributed by atoms with Crippen molar-refractivity contribution in [2.45, 2.75) is 25.2 Å². The zero-order chi connectivity index (χ0) is 19.2. The van der Waals surface area contributed by atoms with E-state index in [-0.39, 0.29) is 6.04 Å². The molecule has 1 aliphatic rings. The molecule has 26 heavy (non-hydrogen) atoms. The van der Waals surface area contributed by atoms with Crippen LogP contribution in [0, 0.1) is 0 Å². The third-order valence-electron chi connectivity index (χ3n) is 4.44. The zero-order valence-electron chi connectivity index (χ0n) is 15.1. The first kappa shape index (κ1) is 20.7. The molecule has 1 N–H and O–H groups in total. The van der Waals surface area contributed by atoms with Crippen molar-refractivity contribution in [2.75, 3.05) is 46.4 Å². The second kappa shape index (κ2) is 9.34. The number of nitrogens with zero attached hydrogens (tertiary/aromatic N) is 2. The molecular weight excluding hydrogens is 347 g/mol. The topological polar surface area (TPSA) is 44.8 Å². The third-order valence-corrected chi connectivity index (χ3v) is 4.44. The summed E-state index contributed by atoms with van der Waals surface area (Å²) in [6.07, 6.45) is -5.56. The van der Waals surface area contributed by atoms with Gasteiger partial charge in [0.05, 0.1) is 0 Å². The number of alkyl halides is 3. The standard InChI is InChI=1S/C18H26F3N3O2/c1-14(26-13-18(19,20)21)17(25)22-8-9-24-11-10-23(2)12-16(24)15-6-4-3-5-7-15/h3-7,14,16H,8-13H2,1-2H3,(H,22,25)/t14-,16-/m1/s1.